The molecule has 0 aromatic heterocycles. The fraction of sp³-hybridized carbons (Fsp3) is 0.818. The minimum Gasteiger partial charge on any atom is -0.468 e. The highest BCUT2D eigenvalue weighted by molar-refractivity contribution is 5.81. The molecule has 1 aliphatic rings. The van der Waals surface area contributed by atoms with E-state index in [0.29, 0.717) is 39.1 Å². The molecule has 2 N–H and O–H groups in total. The molecule has 6 nitrogen and oxygen atoms in total. The number of amides is 1. The monoisotopic (exact) mass is 243 g/mol. The maximum Gasteiger partial charge on any atom is 0.319 e. The number of methoxy groups -OCH3 is 1. The van der Waals surface area contributed by atoms with Crippen molar-refractivity contribution in [3.8, 4) is 0 Å². The van der Waals surface area contributed by atoms with Gasteiger partial charge in [-0.05, 0) is 6.42 Å². The molecular formula is C11H21N3O3. The predicted molar refractivity (Wildman–Crippen MR) is 63.3 cm³/mol. The summed E-state index contributed by atoms with van der Waals surface area (Å²) in [7, 11) is 1.38. The van der Waals surface area contributed by atoms with Gasteiger partial charge in [0.15, 0.2) is 0 Å². The SMILES string of the molecule is CC[C@@H](N)C(=O)N1CCN(CC(=O)OC)CC1. The Morgan fingerprint density at radius 1 is 1.29 bits per heavy atom. The van der Waals surface area contributed by atoms with E-state index in [9.17, 15) is 9.59 Å². The summed E-state index contributed by atoms with van der Waals surface area (Å²) in [5, 5.41) is 0. The molecule has 1 saturated heterocycles. The Balaban J connectivity index is 2.35. The van der Waals surface area contributed by atoms with Gasteiger partial charge >= 0.3 is 5.97 Å². The molecule has 0 spiro atoms. The Kier molecular flexibility index (Phi) is 5.37. The molecule has 98 valence electrons. The van der Waals surface area contributed by atoms with Crippen molar-refractivity contribution in [1.82, 2.24) is 9.80 Å². The van der Waals surface area contributed by atoms with E-state index in [1.54, 1.807) is 4.90 Å². The minimum atomic E-state index is -0.401. The van der Waals surface area contributed by atoms with Gasteiger partial charge in [0.25, 0.3) is 0 Å². The Morgan fingerprint density at radius 2 is 1.88 bits per heavy atom. The summed E-state index contributed by atoms with van der Waals surface area (Å²) in [6.45, 7) is 4.83. The number of hydrogen-bond acceptors (Lipinski definition) is 5. The van der Waals surface area contributed by atoms with E-state index in [0.717, 1.165) is 0 Å². The molecular weight excluding hydrogens is 222 g/mol. The van der Waals surface area contributed by atoms with Crippen LogP contribution in [0.4, 0.5) is 0 Å². The van der Waals surface area contributed by atoms with E-state index in [2.05, 4.69) is 4.74 Å². The van der Waals surface area contributed by atoms with Crippen molar-refractivity contribution >= 4 is 11.9 Å². The van der Waals surface area contributed by atoms with Gasteiger partial charge < -0.3 is 15.4 Å². The first-order valence-corrected chi connectivity index (χ1v) is 5.92. The number of piperazine rings is 1. The molecule has 0 bridgehead atoms. The highest BCUT2D eigenvalue weighted by Crippen LogP contribution is 2.04. The van der Waals surface area contributed by atoms with Gasteiger partial charge in [0, 0.05) is 26.2 Å². The number of nitrogens with zero attached hydrogens (tertiary/aromatic N) is 2. The van der Waals surface area contributed by atoms with Crippen LogP contribution in [0, 0.1) is 0 Å². The molecule has 1 atom stereocenters. The molecule has 1 rings (SSSR count). The van der Waals surface area contributed by atoms with Crippen molar-refractivity contribution < 1.29 is 14.3 Å². The Morgan fingerprint density at radius 3 is 2.35 bits per heavy atom. The summed E-state index contributed by atoms with van der Waals surface area (Å²) < 4.78 is 4.60. The van der Waals surface area contributed by atoms with Gasteiger partial charge in [0.05, 0.1) is 19.7 Å². The highest BCUT2D eigenvalue weighted by atomic mass is 16.5. The van der Waals surface area contributed by atoms with Crippen molar-refractivity contribution in [2.45, 2.75) is 19.4 Å². The van der Waals surface area contributed by atoms with Gasteiger partial charge in [-0.25, -0.2) is 0 Å². The summed E-state index contributed by atoms with van der Waals surface area (Å²) in [4.78, 5) is 26.6. The van der Waals surface area contributed by atoms with E-state index in [-0.39, 0.29) is 11.9 Å². The van der Waals surface area contributed by atoms with Gasteiger partial charge in [-0.1, -0.05) is 6.92 Å². The third-order valence-electron chi connectivity index (χ3n) is 3.02. The minimum absolute atomic E-state index is 0.00483. The zero-order valence-electron chi connectivity index (χ0n) is 10.5. The quantitative estimate of drug-likeness (QED) is 0.644. The largest absolute Gasteiger partial charge is 0.468 e. The molecule has 1 fully saturated rings. The molecule has 0 saturated carbocycles. The van der Waals surface area contributed by atoms with Crippen molar-refractivity contribution in [2.24, 2.45) is 5.73 Å². The normalized spacial score (nSPS) is 18.9. The molecule has 1 aliphatic heterocycles. The number of carbonyl (C=O) groups excluding carboxylic acids is 2. The lowest BCUT2D eigenvalue weighted by Gasteiger charge is -2.35. The highest BCUT2D eigenvalue weighted by Gasteiger charge is 2.25. The average Bonchev–Trinajstić information content (AvgIpc) is 2.37. The molecule has 6 heteroatoms. The molecule has 0 radical (unpaired) electrons. The molecule has 0 aliphatic carbocycles. The van der Waals surface area contributed by atoms with Crippen LogP contribution in [-0.2, 0) is 14.3 Å². The molecule has 1 heterocycles. The number of nitrogens with two attached hydrogens (primary N) is 1. The van der Waals surface area contributed by atoms with Crippen LogP contribution in [0.2, 0.25) is 0 Å². The third kappa shape index (κ3) is 3.98. The lowest BCUT2D eigenvalue weighted by atomic mass is 10.2. The Bertz CT molecular complexity index is 275. The predicted octanol–water partition coefficient (Wildman–Crippen LogP) is -0.959. The third-order valence-corrected chi connectivity index (χ3v) is 3.02. The van der Waals surface area contributed by atoms with Gasteiger partial charge in [-0.15, -0.1) is 0 Å². The number of carbonyl (C=O) groups is 2. The van der Waals surface area contributed by atoms with Crippen molar-refractivity contribution in [2.75, 3.05) is 39.8 Å². The number of hydrogen-bond donors (Lipinski definition) is 1. The molecule has 0 aromatic carbocycles. The summed E-state index contributed by atoms with van der Waals surface area (Å²) in [5.74, 6) is -0.236. The molecule has 0 unspecified atom stereocenters. The van der Waals surface area contributed by atoms with Crippen LogP contribution in [0.5, 0.6) is 0 Å². The molecule has 1 amide bonds. The van der Waals surface area contributed by atoms with Crippen LogP contribution >= 0.6 is 0 Å². The number of rotatable bonds is 4. The number of esters is 1. The van der Waals surface area contributed by atoms with E-state index >= 15 is 0 Å². The second-order valence-electron chi connectivity index (χ2n) is 4.19. The van der Waals surface area contributed by atoms with Gasteiger partial charge in [-0.2, -0.15) is 0 Å². The Labute approximate surface area is 102 Å². The molecule has 0 aromatic rings. The van der Waals surface area contributed by atoms with E-state index < -0.39 is 6.04 Å². The van der Waals surface area contributed by atoms with Crippen LogP contribution in [0.1, 0.15) is 13.3 Å². The first-order valence-electron chi connectivity index (χ1n) is 5.92. The second-order valence-corrected chi connectivity index (χ2v) is 4.19. The standard InChI is InChI=1S/C11H21N3O3/c1-3-9(12)11(16)14-6-4-13(5-7-14)8-10(15)17-2/h9H,3-8,12H2,1-2H3/t9-/m1/s1. The fourth-order valence-corrected chi connectivity index (χ4v) is 1.78. The second kappa shape index (κ2) is 6.56. The van der Waals surface area contributed by atoms with Gasteiger partial charge in [0.2, 0.25) is 5.91 Å². The summed E-state index contributed by atoms with van der Waals surface area (Å²) >= 11 is 0. The fourth-order valence-electron chi connectivity index (χ4n) is 1.78. The maximum atomic E-state index is 11.8. The number of ether oxygens (including phenoxy) is 1. The first kappa shape index (κ1) is 13.9. The van der Waals surface area contributed by atoms with Gasteiger partial charge in [-0.3, -0.25) is 14.5 Å². The first-order chi connectivity index (χ1) is 8.08. The van der Waals surface area contributed by atoms with Crippen molar-refractivity contribution in [1.29, 1.82) is 0 Å². The van der Waals surface area contributed by atoms with Crippen LogP contribution in [0.15, 0.2) is 0 Å². The van der Waals surface area contributed by atoms with E-state index in [1.165, 1.54) is 7.11 Å². The van der Waals surface area contributed by atoms with E-state index in [4.69, 9.17) is 5.73 Å². The molecule has 17 heavy (non-hydrogen) atoms. The summed E-state index contributed by atoms with van der Waals surface area (Å²) in [5.41, 5.74) is 5.71. The Hall–Kier alpha value is -1.14. The van der Waals surface area contributed by atoms with Crippen LogP contribution in [0.3, 0.4) is 0 Å². The summed E-state index contributed by atoms with van der Waals surface area (Å²) in [6, 6.07) is -0.401. The van der Waals surface area contributed by atoms with Crippen LogP contribution in [0.25, 0.3) is 0 Å². The summed E-state index contributed by atoms with van der Waals surface area (Å²) in [6.07, 6.45) is 0.654. The van der Waals surface area contributed by atoms with Gasteiger partial charge in [0.1, 0.15) is 0 Å². The average molecular weight is 243 g/mol. The maximum absolute atomic E-state index is 11.8. The van der Waals surface area contributed by atoms with Crippen molar-refractivity contribution in [3.63, 3.8) is 0 Å². The van der Waals surface area contributed by atoms with Crippen LogP contribution in [-0.4, -0.2) is 67.6 Å². The zero-order valence-corrected chi connectivity index (χ0v) is 10.5. The lowest BCUT2D eigenvalue weighted by Crippen LogP contribution is -2.53. The lowest BCUT2D eigenvalue weighted by molar-refractivity contribution is -0.142. The van der Waals surface area contributed by atoms with E-state index in [1.807, 2.05) is 11.8 Å². The van der Waals surface area contributed by atoms with Crippen molar-refractivity contribution in [3.05, 3.63) is 0 Å². The van der Waals surface area contributed by atoms with Crippen LogP contribution < -0.4 is 5.73 Å². The zero-order chi connectivity index (χ0) is 12.8. The smallest absolute Gasteiger partial charge is 0.319 e. The topological polar surface area (TPSA) is 75.9 Å².